The van der Waals surface area contributed by atoms with Crippen LogP contribution in [0.25, 0.3) is 21.9 Å². The fraction of sp³-hybridized carbons (Fsp3) is 0.333. The molecule has 1 saturated heterocycles. The van der Waals surface area contributed by atoms with E-state index in [0.717, 1.165) is 40.5 Å². The number of hydrogen-bond acceptors (Lipinski definition) is 6. The Morgan fingerprint density at radius 1 is 1.31 bits per heavy atom. The van der Waals surface area contributed by atoms with Crippen LogP contribution in [0.4, 0.5) is 4.39 Å². The van der Waals surface area contributed by atoms with Crippen LogP contribution in [0.15, 0.2) is 34.9 Å². The number of nitrogens with one attached hydrogen (secondary N) is 1. The minimum Gasteiger partial charge on any atom is -0.333 e. The van der Waals surface area contributed by atoms with Crippen molar-refractivity contribution in [3.8, 4) is 21.9 Å². The number of piperazine rings is 1. The molecule has 1 fully saturated rings. The highest BCUT2D eigenvalue weighted by atomic mass is 35.5. The van der Waals surface area contributed by atoms with Gasteiger partial charge in [0.25, 0.3) is 5.89 Å². The van der Waals surface area contributed by atoms with E-state index in [0.29, 0.717) is 11.7 Å². The van der Waals surface area contributed by atoms with Gasteiger partial charge in [0.15, 0.2) is 5.82 Å². The molecule has 0 radical (unpaired) electrons. The first-order valence-electron chi connectivity index (χ1n) is 8.23. The van der Waals surface area contributed by atoms with Crippen LogP contribution in [0.2, 0.25) is 0 Å². The quantitative estimate of drug-likeness (QED) is 0.729. The Kier molecular flexibility index (Phi) is 5.72. The molecule has 0 saturated carbocycles. The number of halogens is 2. The lowest BCUT2D eigenvalue weighted by Gasteiger charge is -2.30. The number of aromatic nitrogens is 2. The standard InChI is InChI=1S/C18H19FN4OS.ClH/c1-11-14(12-3-5-13(19)6-4-12)9-16(25-11)18-21-17(22-24-18)15-10-20-7-8-23(15)2;/h3-6,9,15,20H,7-8,10H2,1-2H3;1H. The smallest absolute Gasteiger partial charge is 0.268 e. The van der Waals surface area contributed by atoms with Crippen LogP contribution in [0.5, 0.6) is 0 Å². The summed E-state index contributed by atoms with van der Waals surface area (Å²) in [5, 5.41) is 7.54. The van der Waals surface area contributed by atoms with Crippen LogP contribution in [0, 0.1) is 12.7 Å². The van der Waals surface area contributed by atoms with Crippen molar-refractivity contribution < 1.29 is 8.91 Å². The SMILES string of the molecule is Cc1sc(-c2nc(C3CNCCN3C)no2)cc1-c1ccc(F)cc1.Cl. The summed E-state index contributed by atoms with van der Waals surface area (Å²) in [6.45, 7) is 4.80. The van der Waals surface area contributed by atoms with Gasteiger partial charge in [-0.15, -0.1) is 23.7 Å². The topological polar surface area (TPSA) is 54.2 Å². The van der Waals surface area contributed by atoms with Gasteiger partial charge >= 0.3 is 0 Å². The number of hydrogen-bond donors (Lipinski definition) is 1. The summed E-state index contributed by atoms with van der Waals surface area (Å²) in [7, 11) is 2.07. The second kappa shape index (κ2) is 7.84. The van der Waals surface area contributed by atoms with Crippen molar-refractivity contribution in [2.24, 2.45) is 0 Å². The zero-order valence-electron chi connectivity index (χ0n) is 14.5. The van der Waals surface area contributed by atoms with Crippen molar-refractivity contribution in [2.45, 2.75) is 13.0 Å². The fourth-order valence-corrected chi connectivity index (χ4v) is 4.03. The average Bonchev–Trinajstić information content (AvgIpc) is 3.23. The molecule has 0 amide bonds. The first kappa shape index (κ1) is 19.0. The number of nitrogens with zero attached hydrogens (tertiary/aromatic N) is 3. The Morgan fingerprint density at radius 2 is 2.08 bits per heavy atom. The number of benzene rings is 1. The van der Waals surface area contributed by atoms with Gasteiger partial charge < -0.3 is 9.84 Å². The molecule has 1 aromatic carbocycles. The fourth-order valence-electron chi connectivity index (χ4n) is 3.07. The summed E-state index contributed by atoms with van der Waals surface area (Å²) < 4.78 is 18.7. The lowest BCUT2D eigenvalue weighted by Crippen LogP contribution is -2.44. The summed E-state index contributed by atoms with van der Waals surface area (Å²) in [5.74, 6) is 1.01. The summed E-state index contributed by atoms with van der Waals surface area (Å²) in [5.41, 5.74) is 2.05. The van der Waals surface area contributed by atoms with E-state index < -0.39 is 0 Å². The minimum atomic E-state index is -0.233. The van der Waals surface area contributed by atoms with Gasteiger partial charge in [-0.2, -0.15) is 4.98 Å². The lowest BCUT2D eigenvalue weighted by atomic mass is 10.1. The van der Waals surface area contributed by atoms with Crippen LogP contribution < -0.4 is 5.32 Å². The zero-order valence-corrected chi connectivity index (χ0v) is 16.2. The van der Waals surface area contributed by atoms with Gasteiger partial charge in [-0.3, -0.25) is 4.90 Å². The van der Waals surface area contributed by atoms with Gasteiger partial charge in [-0.1, -0.05) is 17.3 Å². The summed E-state index contributed by atoms with van der Waals surface area (Å²) >= 11 is 1.61. The highest BCUT2D eigenvalue weighted by molar-refractivity contribution is 7.15. The normalized spacial score (nSPS) is 17.9. The number of rotatable bonds is 3. The molecular formula is C18H20ClFN4OS. The molecule has 3 aromatic rings. The highest BCUT2D eigenvalue weighted by Gasteiger charge is 2.26. The number of thiophene rings is 1. The lowest BCUT2D eigenvalue weighted by molar-refractivity contribution is 0.190. The molecule has 0 bridgehead atoms. The molecule has 1 atom stereocenters. The molecule has 0 spiro atoms. The Hall–Kier alpha value is -1.80. The first-order valence-corrected chi connectivity index (χ1v) is 9.05. The molecular weight excluding hydrogens is 375 g/mol. The zero-order chi connectivity index (χ0) is 17.4. The molecule has 5 nitrogen and oxygen atoms in total. The van der Waals surface area contributed by atoms with Crippen molar-refractivity contribution in [1.82, 2.24) is 20.4 Å². The monoisotopic (exact) mass is 394 g/mol. The Bertz CT molecular complexity index is 880. The molecule has 4 rings (SSSR count). The predicted molar refractivity (Wildman–Crippen MR) is 103 cm³/mol. The third-order valence-electron chi connectivity index (χ3n) is 4.53. The van der Waals surface area contributed by atoms with E-state index in [4.69, 9.17) is 4.52 Å². The van der Waals surface area contributed by atoms with E-state index in [2.05, 4.69) is 27.4 Å². The van der Waals surface area contributed by atoms with E-state index in [-0.39, 0.29) is 24.3 Å². The second-order valence-corrected chi connectivity index (χ2v) is 7.50. The average molecular weight is 395 g/mol. The largest absolute Gasteiger partial charge is 0.333 e. The van der Waals surface area contributed by atoms with E-state index in [1.165, 1.54) is 12.1 Å². The second-order valence-electron chi connectivity index (χ2n) is 6.25. The maximum Gasteiger partial charge on any atom is 0.268 e. The maximum absolute atomic E-state index is 13.1. The summed E-state index contributed by atoms with van der Waals surface area (Å²) in [6, 6.07) is 8.69. The molecule has 26 heavy (non-hydrogen) atoms. The van der Waals surface area contributed by atoms with Crippen molar-refractivity contribution in [3.05, 3.63) is 46.9 Å². The van der Waals surface area contributed by atoms with Gasteiger partial charge in [0.2, 0.25) is 0 Å². The number of aryl methyl sites for hydroxylation is 1. The molecule has 138 valence electrons. The van der Waals surface area contributed by atoms with Crippen LogP contribution in [-0.2, 0) is 0 Å². The van der Waals surface area contributed by atoms with Crippen LogP contribution in [-0.4, -0.2) is 41.7 Å². The van der Waals surface area contributed by atoms with Crippen molar-refractivity contribution in [3.63, 3.8) is 0 Å². The van der Waals surface area contributed by atoms with Crippen LogP contribution in [0.1, 0.15) is 16.7 Å². The van der Waals surface area contributed by atoms with E-state index in [1.54, 1.807) is 23.5 Å². The van der Waals surface area contributed by atoms with E-state index in [9.17, 15) is 4.39 Å². The summed E-state index contributed by atoms with van der Waals surface area (Å²) in [6.07, 6.45) is 0. The minimum absolute atomic E-state index is 0. The van der Waals surface area contributed by atoms with Crippen molar-refractivity contribution in [2.75, 3.05) is 26.7 Å². The van der Waals surface area contributed by atoms with Crippen molar-refractivity contribution >= 4 is 23.7 Å². The summed E-state index contributed by atoms with van der Waals surface area (Å²) in [4.78, 5) is 8.91. The molecule has 0 aliphatic carbocycles. The highest BCUT2D eigenvalue weighted by Crippen LogP contribution is 2.36. The van der Waals surface area contributed by atoms with Gasteiger partial charge in [0.1, 0.15) is 5.82 Å². The molecule has 3 heterocycles. The third-order valence-corrected chi connectivity index (χ3v) is 5.57. The van der Waals surface area contributed by atoms with Gasteiger partial charge in [-0.25, -0.2) is 4.39 Å². The molecule has 1 aliphatic heterocycles. The molecule has 1 unspecified atom stereocenters. The van der Waals surface area contributed by atoms with Gasteiger partial charge in [0, 0.05) is 24.5 Å². The van der Waals surface area contributed by atoms with Crippen molar-refractivity contribution in [1.29, 1.82) is 0 Å². The van der Waals surface area contributed by atoms with Gasteiger partial charge in [0.05, 0.1) is 10.9 Å². The Morgan fingerprint density at radius 3 is 2.81 bits per heavy atom. The number of likely N-dealkylation sites (N-methyl/N-ethyl adjacent to an activating group) is 1. The van der Waals surface area contributed by atoms with E-state index >= 15 is 0 Å². The van der Waals surface area contributed by atoms with Gasteiger partial charge in [-0.05, 0) is 43.3 Å². The molecule has 8 heteroatoms. The Balaban J connectivity index is 0.00000196. The first-order chi connectivity index (χ1) is 12.1. The van der Waals surface area contributed by atoms with Crippen LogP contribution in [0.3, 0.4) is 0 Å². The molecule has 2 aromatic heterocycles. The van der Waals surface area contributed by atoms with Crippen LogP contribution >= 0.6 is 23.7 Å². The predicted octanol–water partition coefficient (Wildman–Crippen LogP) is 3.91. The third kappa shape index (κ3) is 3.66. The molecule has 1 aliphatic rings. The van der Waals surface area contributed by atoms with E-state index in [1.807, 2.05) is 13.0 Å². The Labute approximate surface area is 161 Å². The molecule has 1 N–H and O–H groups in total. The maximum atomic E-state index is 13.1.